The van der Waals surface area contributed by atoms with Crippen LogP contribution in [0.15, 0.2) is 47.8 Å². The van der Waals surface area contributed by atoms with E-state index in [1.165, 1.54) is 16.9 Å². The SMILES string of the molecule is CCOC(=O)c1csc(CN(CCCc2ccccc2)C(=O)c2cc(OC)c(C3CC3)c(OC)c2)n1. The van der Waals surface area contributed by atoms with E-state index in [2.05, 4.69) is 17.1 Å². The summed E-state index contributed by atoms with van der Waals surface area (Å²) in [5, 5.41) is 2.36. The number of aromatic nitrogens is 1. The van der Waals surface area contributed by atoms with Crippen molar-refractivity contribution >= 4 is 23.2 Å². The number of thiazole rings is 1. The van der Waals surface area contributed by atoms with Crippen LogP contribution in [0.1, 0.15) is 69.1 Å². The Morgan fingerprint density at radius 3 is 2.39 bits per heavy atom. The van der Waals surface area contributed by atoms with E-state index in [0.717, 1.165) is 31.2 Å². The summed E-state index contributed by atoms with van der Waals surface area (Å²) in [6.07, 6.45) is 3.83. The molecule has 0 bridgehead atoms. The highest BCUT2D eigenvalue weighted by atomic mass is 32.1. The Morgan fingerprint density at radius 1 is 1.08 bits per heavy atom. The number of nitrogens with zero attached hydrogens (tertiary/aromatic N) is 2. The molecule has 1 amide bonds. The summed E-state index contributed by atoms with van der Waals surface area (Å²) in [5.41, 5.74) is 3.03. The minimum Gasteiger partial charge on any atom is -0.496 e. The van der Waals surface area contributed by atoms with Crippen LogP contribution in [0.25, 0.3) is 0 Å². The molecule has 190 valence electrons. The molecule has 7 nitrogen and oxygen atoms in total. The van der Waals surface area contributed by atoms with Gasteiger partial charge in [-0.1, -0.05) is 30.3 Å². The van der Waals surface area contributed by atoms with Crippen LogP contribution in [0.2, 0.25) is 0 Å². The van der Waals surface area contributed by atoms with Crippen LogP contribution in [-0.4, -0.2) is 49.1 Å². The predicted octanol–water partition coefficient (Wildman–Crippen LogP) is 5.49. The number of esters is 1. The van der Waals surface area contributed by atoms with Crippen LogP contribution in [0.3, 0.4) is 0 Å². The molecule has 8 heteroatoms. The molecule has 1 saturated carbocycles. The molecule has 36 heavy (non-hydrogen) atoms. The largest absolute Gasteiger partial charge is 0.496 e. The average molecular weight is 509 g/mol. The molecule has 0 atom stereocenters. The van der Waals surface area contributed by atoms with Gasteiger partial charge < -0.3 is 19.1 Å². The standard InChI is InChI=1S/C28H32N2O5S/c1-4-35-28(32)22-18-36-25(29-22)17-30(14-8-11-19-9-6-5-7-10-19)27(31)21-15-23(33-2)26(20-12-13-20)24(16-21)34-3/h5-7,9-10,15-16,18,20H,4,8,11-14,17H2,1-3H3. The molecule has 0 N–H and O–H groups in total. The quantitative estimate of drug-likeness (QED) is 0.301. The van der Waals surface area contributed by atoms with Gasteiger partial charge in [-0.3, -0.25) is 4.79 Å². The first-order valence-corrected chi connectivity index (χ1v) is 13.1. The van der Waals surface area contributed by atoms with Gasteiger partial charge in [0.1, 0.15) is 16.5 Å². The number of rotatable bonds is 12. The Kier molecular flexibility index (Phi) is 8.59. The molecule has 1 fully saturated rings. The Labute approximate surface area is 216 Å². The van der Waals surface area contributed by atoms with E-state index in [-0.39, 0.29) is 18.2 Å². The summed E-state index contributed by atoms with van der Waals surface area (Å²) in [4.78, 5) is 32.0. The van der Waals surface area contributed by atoms with Crippen molar-refractivity contribution in [1.82, 2.24) is 9.88 Å². The zero-order chi connectivity index (χ0) is 25.5. The zero-order valence-corrected chi connectivity index (χ0v) is 21.8. The van der Waals surface area contributed by atoms with Gasteiger partial charge in [-0.25, -0.2) is 9.78 Å². The zero-order valence-electron chi connectivity index (χ0n) is 21.0. The summed E-state index contributed by atoms with van der Waals surface area (Å²) < 4.78 is 16.4. The number of carbonyl (C=O) groups excluding carboxylic acids is 2. The van der Waals surface area contributed by atoms with Gasteiger partial charge in [0.2, 0.25) is 0 Å². The smallest absolute Gasteiger partial charge is 0.357 e. The Morgan fingerprint density at radius 2 is 1.78 bits per heavy atom. The van der Waals surface area contributed by atoms with Crippen molar-refractivity contribution in [2.45, 2.75) is 45.1 Å². The minimum atomic E-state index is -0.452. The number of ether oxygens (including phenoxy) is 3. The lowest BCUT2D eigenvalue weighted by Crippen LogP contribution is -2.32. The first-order valence-electron chi connectivity index (χ1n) is 12.2. The Hall–Kier alpha value is -3.39. The molecule has 0 radical (unpaired) electrons. The van der Waals surface area contributed by atoms with Gasteiger partial charge in [-0.15, -0.1) is 11.3 Å². The van der Waals surface area contributed by atoms with Crippen molar-refractivity contribution in [1.29, 1.82) is 0 Å². The summed E-state index contributed by atoms with van der Waals surface area (Å²) >= 11 is 1.35. The molecule has 0 aliphatic heterocycles. The Bertz CT molecular complexity index is 1160. The van der Waals surface area contributed by atoms with Gasteiger partial charge in [-0.2, -0.15) is 0 Å². The minimum absolute atomic E-state index is 0.130. The van der Waals surface area contributed by atoms with E-state index in [1.54, 1.807) is 31.4 Å². The molecule has 4 rings (SSSR count). The number of hydrogen-bond acceptors (Lipinski definition) is 7. The summed E-state index contributed by atoms with van der Waals surface area (Å²) in [6.45, 7) is 2.88. The fourth-order valence-electron chi connectivity index (χ4n) is 4.24. The third-order valence-electron chi connectivity index (χ3n) is 6.16. The van der Waals surface area contributed by atoms with Gasteiger partial charge in [0.15, 0.2) is 5.69 Å². The summed E-state index contributed by atoms with van der Waals surface area (Å²) in [6, 6.07) is 13.8. The highest BCUT2D eigenvalue weighted by molar-refractivity contribution is 7.09. The molecule has 1 aromatic heterocycles. The van der Waals surface area contributed by atoms with Crippen LogP contribution in [0.5, 0.6) is 11.5 Å². The van der Waals surface area contributed by atoms with Gasteiger partial charge in [0, 0.05) is 23.1 Å². The normalized spacial score (nSPS) is 12.8. The molecule has 3 aromatic rings. The van der Waals surface area contributed by atoms with E-state index in [4.69, 9.17) is 14.2 Å². The fourth-order valence-corrected chi connectivity index (χ4v) is 5.01. The first kappa shape index (κ1) is 25.7. The van der Waals surface area contributed by atoms with Crippen molar-refractivity contribution in [3.8, 4) is 11.5 Å². The van der Waals surface area contributed by atoms with E-state index in [0.29, 0.717) is 41.1 Å². The molecule has 2 aromatic carbocycles. The Balaban J connectivity index is 1.57. The maximum atomic E-state index is 13.8. The van der Waals surface area contributed by atoms with Gasteiger partial charge in [-0.05, 0) is 56.2 Å². The monoisotopic (exact) mass is 508 g/mol. The number of aryl methyl sites for hydroxylation is 1. The van der Waals surface area contributed by atoms with E-state index >= 15 is 0 Å². The first-order chi connectivity index (χ1) is 17.5. The van der Waals surface area contributed by atoms with E-state index in [9.17, 15) is 9.59 Å². The molecule has 0 saturated heterocycles. The second-order valence-corrected chi connectivity index (χ2v) is 9.67. The van der Waals surface area contributed by atoms with Crippen LogP contribution in [-0.2, 0) is 17.7 Å². The number of amides is 1. The van der Waals surface area contributed by atoms with E-state index < -0.39 is 5.97 Å². The van der Waals surface area contributed by atoms with Crippen molar-refractivity contribution in [2.24, 2.45) is 0 Å². The lowest BCUT2D eigenvalue weighted by molar-refractivity contribution is 0.0520. The maximum absolute atomic E-state index is 13.8. The third-order valence-corrected chi connectivity index (χ3v) is 7.00. The van der Waals surface area contributed by atoms with Gasteiger partial charge in [0.25, 0.3) is 5.91 Å². The summed E-state index contributed by atoms with van der Waals surface area (Å²) in [7, 11) is 3.25. The number of benzene rings is 2. The van der Waals surface area contributed by atoms with Crippen molar-refractivity contribution < 1.29 is 23.8 Å². The number of methoxy groups -OCH3 is 2. The van der Waals surface area contributed by atoms with Gasteiger partial charge >= 0.3 is 5.97 Å². The summed E-state index contributed by atoms with van der Waals surface area (Å²) in [5.74, 6) is 1.20. The van der Waals surface area contributed by atoms with Crippen molar-refractivity contribution in [3.63, 3.8) is 0 Å². The highest BCUT2D eigenvalue weighted by Crippen LogP contribution is 2.49. The molecule has 0 unspecified atom stereocenters. The molecule has 0 spiro atoms. The van der Waals surface area contributed by atoms with Gasteiger partial charge in [0.05, 0.1) is 27.4 Å². The molecular formula is C28H32N2O5S. The average Bonchev–Trinajstić information content (AvgIpc) is 3.64. The number of hydrogen-bond donors (Lipinski definition) is 0. The third kappa shape index (κ3) is 6.23. The van der Waals surface area contributed by atoms with Crippen molar-refractivity contribution in [2.75, 3.05) is 27.4 Å². The predicted molar refractivity (Wildman–Crippen MR) is 139 cm³/mol. The van der Waals surface area contributed by atoms with Crippen LogP contribution < -0.4 is 9.47 Å². The molecule has 1 heterocycles. The molecular weight excluding hydrogens is 476 g/mol. The highest BCUT2D eigenvalue weighted by Gasteiger charge is 2.32. The second kappa shape index (κ2) is 12.0. The second-order valence-electron chi connectivity index (χ2n) is 8.73. The van der Waals surface area contributed by atoms with Crippen LogP contribution in [0, 0.1) is 0 Å². The topological polar surface area (TPSA) is 78.0 Å². The van der Waals surface area contributed by atoms with E-state index in [1.807, 2.05) is 30.3 Å². The van der Waals surface area contributed by atoms with Crippen molar-refractivity contribution in [3.05, 3.63) is 75.2 Å². The molecule has 1 aliphatic carbocycles. The lowest BCUT2D eigenvalue weighted by Gasteiger charge is -2.23. The number of carbonyl (C=O) groups is 2. The fraction of sp³-hybridized carbons (Fsp3) is 0.393. The molecule has 1 aliphatic rings. The maximum Gasteiger partial charge on any atom is 0.357 e. The van der Waals surface area contributed by atoms with Crippen LogP contribution >= 0.6 is 11.3 Å². The lowest BCUT2D eigenvalue weighted by atomic mass is 10.0. The van der Waals surface area contributed by atoms with Crippen LogP contribution in [0.4, 0.5) is 0 Å².